The maximum Gasteiger partial charge on any atom is 0.202 e. The van der Waals surface area contributed by atoms with Crippen LogP contribution in [0.4, 0.5) is 0 Å². The molecule has 13 nitrogen and oxygen atoms in total. The average molecular weight is 602 g/mol. The summed E-state index contributed by atoms with van der Waals surface area (Å²) < 4.78 is 17.3. The van der Waals surface area contributed by atoms with Gasteiger partial charge in [0.15, 0.2) is 17.9 Å². The van der Waals surface area contributed by atoms with Crippen molar-refractivity contribution in [2.75, 3.05) is 26.9 Å². The van der Waals surface area contributed by atoms with Crippen molar-refractivity contribution >= 4 is 17.3 Å². The minimum absolute atomic E-state index is 0.0528. The third-order valence-corrected chi connectivity index (χ3v) is 8.50. The summed E-state index contributed by atoms with van der Waals surface area (Å²) in [5, 5.41) is 66.9. The van der Waals surface area contributed by atoms with Gasteiger partial charge in [0.05, 0.1) is 42.1 Å². The Kier molecular flexibility index (Phi) is 8.60. The van der Waals surface area contributed by atoms with Crippen molar-refractivity contribution in [1.29, 1.82) is 0 Å². The number of phenols is 2. The molecule has 1 heterocycles. The fraction of sp³-hybridized carbons (Fsp3) is 0.500. The molecule has 2 aromatic carbocycles. The van der Waals surface area contributed by atoms with E-state index >= 15 is 0 Å². The predicted molar refractivity (Wildman–Crippen MR) is 147 cm³/mol. The molecule has 2 aromatic rings. The smallest absolute Gasteiger partial charge is 0.202 e. The lowest BCUT2D eigenvalue weighted by molar-refractivity contribution is -0.249. The Bertz CT molecular complexity index is 1460. The summed E-state index contributed by atoms with van der Waals surface area (Å²) in [7, 11) is 1.32. The van der Waals surface area contributed by atoms with Crippen molar-refractivity contribution in [3.63, 3.8) is 0 Å². The highest BCUT2D eigenvalue weighted by Crippen LogP contribution is 2.52. The maximum atomic E-state index is 13.8. The molecule has 43 heavy (non-hydrogen) atoms. The SMILES string of the molecule is COc1cccc2c1C(=O)c1c(O)c3c(c(O)c1C2=O)C[C@@](O)(C(=O)CO)C[C@@H]3OC1CC(NCCCO)C(O)C(C)O1. The van der Waals surface area contributed by atoms with Gasteiger partial charge in [-0.1, -0.05) is 12.1 Å². The van der Waals surface area contributed by atoms with E-state index < -0.39 is 95.7 Å². The van der Waals surface area contributed by atoms with Crippen molar-refractivity contribution in [2.45, 2.75) is 68.9 Å². The Labute approximate surface area is 246 Å². The lowest BCUT2D eigenvalue weighted by atomic mass is 9.72. The Morgan fingerprint density at radius 2 is 1.84 bits per heavy atom. The topological polar surface area (TPSA) is 212 Å². The number of phenolic OH excluding ortho intramolecular Hbond substituents is 2. The number of aromatic hydroxyl groups is 2. The molecule has 0 spiro atoms. The number of benzene rings is 2. The van der Waals surface area contributed by atoms with E-state index in [1.54, 1.807) is 6.92 Å². The first-order valence-corrected chi connectivity index (χ1v) is 14.0. The van der Waals surface area contributed by atoms with Gasteiger partial charge in [-0.2, -0.15) is 0 Å². The van der Waals surface area contributed by atoms with Gasteiger partial charge in [0.2, 0.25) is 5.78 Å². The van der Waals surface area contributed by atoms with Crippen LogP contribution in [0.25, 0.3) is 0 Å². The van der Waals surface area contributed by atoms with E-state index in [1.807, 2.05) is 0 Å². The zero-order valence-corrected chi connectivity index (χ0v) is 23.7. The minimum Gasteiger partial charge on any atom is -0.507 e. The molecule has 1 aliphatic heterocycles. The molecule has 5 rings (SSSR count). The number of aliphatic hydroxyl groups is 4. The van der Waals surface area contributed by atoms with Gasteiger partial charge in [0.1, 0.15) is 29.5 Å². The summed E-state index contributed by atoms with van der Waals surface area (Å²) in [5.74, 6) is -3.79. The molecule has 1 saturated heterocycles. The van der Waals surface area contributed by atoms with E-state index in [0.717, 1.165) is 0 Å². The van der Waals surface area contributed by atoms with E-state index in [0.29, 0.717) is 13.0 Å². The predicted octanol–water partition coefficient (Wildman–Crippen LogP) is 0.0146. The standard InChI is InChI=1S/C30H35NO12/c1-13-25(35)16(31-7-4-8-32)9-20(42-13)43-18-11-30(40,19(34)12-33)10-15-22(18)29(39)24-23(27(15)37)26(36)14-5-3-6-17(41-2)21(14)28(24)38/h3,5-6,13,16,18,20,25,31-33,35,37,39-40H,4,7-12H2,1-2H3/t13?,16?,18-,20?,25?,30-/m0/s1. The van der Waals surface area contributed by atoms with Crippen LogP contribution < -0.4 is 10.1 Å². The Balaban J connectivity index is 1.61. The number of Topliss-reactive ketones (excluding diaryl/α,β-unsaturated/α-hetero) is 1. The molecular formula is C30H35NO12. The molecule has 2 aliphatic carbocycles. The highest BCUT2D eigenvalue weighted by Gasteiger charge is 2.50. The second-order valence-corrected chi connectivity index (χ2v) is 11.1. The van der Waals surface area contributed by atoms with E-state index in [9.17, 15) is 39.9 Å². The van der Waals surface area contributed by atoms with Crippen molar-refractivity contribution in [3.05, 3.63) is 51.6 Å². The van der Waals surface area contributed by atoms with Crippen molar-refractivity contribution < 1.29 is 59.2 Å². The molecule has 0 amide bonds. The molecule has 232 valence electrons. The number of hydrogen-bond donors (Lipinski definition) is 7. The van der Waals surface area contributed by atoms with E-state index in [2.05, 4.69) is 5.32 Å². The monoisotopic (exact) mass is 601 g/mol. The van der Waals surface area contributed by atoms with Crippen molar-refractivity contribution in [2.24, 2.45) is 0 Å². The van der Waals surface area contributed by atoms with Crippen LogP contribution >= 0.6 is 0 Å². The third kappa shape index (κ3) is 5.20. The first-order valence-electron chi connectivity index (χ1n) is 14.0. The number of hydrogen-bond acceptors (Lipinski definition) is 13. The maximum absolute atomic E-state index is 13.8. The van der Waals surface area contributed by atoms with Crippen LogP contribution in [0.2, 0.25) is 0 Å². The molecule has 7 N–H and O–H groups in total. The molecule has 3 aliphatic rings. The van der Waals surface area contributed by atoms with Gasteiger partial charge >= 0.3 is 0 Å². The average Bonchev–Trinajstić information content (AvgIpc) is 2.98. The molecule has 0 radical (unpaired) electrons. The number of aliphatic hydroxyl groups excluding tert-OH is 3. The molecule has 0 bridgehead atoms. The molecule has 13 heteroatoms. The van der Waals surface area contributed by atoms with E-state index in [4.69, 9.17) is 19.3 Å². The second-order valence-electron chi connectivity index (χ2n) is 11.1. The number of carbonyl (C=O) groups excluding carboxylic acids is 3. The van der Waals surface area contributed by atoms with Crippen LogP contribution in [-0.2, 0) is 20.7 Å². The van der Waals surface area contributed by atoms with Gasteiger partial charge in [0, 0.05) is 48.6 Å². The fourth-order valence-electron chi connectivity index (χ4n) is 6.29. The number of nitrogens with one attached hydrogen (secondary N) is 1. The second kappa shape index (κ2) is 11.9. The zero-order valence-electron chi connectivity index (χ0n) is 23.7. The quantitative estimate of drug-likeness (QED) is 0.127. The largest absolute Gasteiger partial charge is 0.507 e. The highest BCUT2D eigenvalue weighted by molar-refractivity contribution is 6.31. The number of methoxy groups -OCH3 is 1. The number of fused-ring (bicyclic) bond motifs is 3. The number of ether oxygens (including phenoxy) is 3. The van der Waals surface area contributed by atoms with Gasteiger partial charge in [-0.15, -0.1) is 0 Å². The van der Waals surface area contributed by atoms with Crippen molar-refractivity contribution in [3.8, 4) is 17.2 Å². The summed E-state index contributed by atoms with van der Waals surface area (Å²) >= 11 is 0. The van der Waals surface area contributed by atoms with E-state index in [-0.39, 0.29) is 41.0 Å². The summed E-state index contributed by atoms with van der Waals surface area (Å²) in [6.45, 7) is 0.941. The normalized spacial score (nSPS) is 28.2. The van der Waals surface area contributed by atoms with Crippen LogP contribution in [0.3, 0.4) is 0 Å². The van der Waals surface area contributed by atoms with Gasteiger partial charge in [-0.3, -0.25) is 14.4 Å². The van der Waals surface area contributed by atoms with Crippen LogP contribution in [0.15, 0.2) is 18.2 Å². The molecular weight excluding hydrogens is 566 g/mol. The van der Waals surface area contributed by atoms with Gasteiger partial charge < -0.3 is 50.2 Å². The van der Waals surface area contributed by atoms with Gasteiger partial charge in [-0.05, 0) is 26.0 Å². The number of ketones is 3. The minimum atomic E-state index is -2.26. The Morgan fingerprint density at radius 3 is 2.51 bits per heavy atom. The third-order valence-electron chi connectivity index (χ3n) is 8.50. The van der Waals surface area contributed by atoms with Crippen LogP contribution in [0, 0.1) is 0 Å². The molecule has 0 saturated carbocycles. The van der Waals surface area contributed by atoms with Gasteiger partial charge in [-0.25, -0.2) is 0 Å². The number of rotatable bonds is 9. The molecule has 6 atom stereocenters. The van der Waals surface area contributed by atoms with E-state index in [1.165, 1.54) is 25.3 Å². The first kappa shape index (κ1) is 31.0. The summed E-state index contributed by atoms with van der Waals surface area (Å²) in [4.78, 5) is 40.1. The lowest BCUT2D eigenvalue weighted by Crippen LogP contribution is -2.54. The molecule has 1 fully saturated rings. The Morgan fingerprint density at radius 1 is 1.12 bits per heavy atom. The zero-order chi connectivity index (χ0) is 31.2. The highest BCUT2D eigenvalue weighted by atomic mass is 16.7. The van der Waals surface area contributed by atoms with Crippen LogP contribution in [0.5, 0.6) is 17.2 Å². The molecule has 4 unspecified atom stereocenters. The summed E-state index contributed by atoms with van der Waals surface area (Å²) in [6.07, 6.45) is -4.57. The first-order chi connectivity index (χ1) is 20.5. The number of carbonyl (C=O) groups is 3. The molecule has 0 aromatic heterocycles. The Hall–Kier alpha value is -3.43. The summed E-state index contributed by atoms with van der Waals surface area (Å²) in [5.41, 5.74) is -3.66. The van der Waals surface area contributed by atoms with Gasteiger partial charge in [0.25, 0.3) is 0 Å². The van der Waals surface area contributed by atoms with Crippen LogP contribution in [0.1, 0.15) is 75.3 Å². The lowest BCUT2D eigenvalue weighted by Gasteiger charge is -2.43. The van der Waals surface area contributed by atoms with Crippen molar-refractivity contribution in [1.82, 2.24) is 5.32 Å². The summed E-state index contributed by atoms with van der Waals surface area (Å²) in [6, 6.07) is 3.85. The van der Waals surface area contributed by atoms with Crippen LogP contribution in [-0.4, -0.2) is 105 Å². The fourth-order valence-corrected chi connectivity index (χ4v) is 6.29.